The molecular weight excluding hydrogens is 278 g/mol. The highest BCUT2D eigenvalue weighted by atomic mass is 16.5. The number of aliphatic imine (C=N–C) groups is 1. The Morgan fingerprint density at radius 3 is 2.59 bits per heavy atom. The maximum absolute atomic E-state index is 12.2. The Kier molecular flexibility index (Phi) is 6.31. The average Bonchev–Trinajstić information content (AvgIpc) is 2.58. The third kappa shape index (κ3) is 5.10. The zero-order valence-corrected chi connectivity index (χ0v) is 12.7. The molecule has 2 rings (SSSR count). The summed E-state index contributed by atoms with van der Waals surface area (Å²) in [6, 6.07) is 8.70. The van der Waals surface area contributed by atoms with Crippen molar-refractivity contribution in [3.8, 4) is 0 Å². The van der Waals surface area contributed by atoms with Crippen molar-refractivity contribution in [3.05, 3.63) is 42.8 Å². The van der Waals surface area contributed by atoms with E-state index in [0.717, 1.165) is 37.5 Å². The number of carbonyl (C=O) groups is 2. The van der Waals surface area contributed by atoms with Crippen molar-refractivity contribution in [3.63, 3.8) is 0 Å². The van der Waals surface area contributed by atoms with Crippen LogP contribution in [0.1, 0.15) is 37.7 Å². The lowest BCUT2D eigenvalue weighted by atomic mass is 9.84. The lowest BCUT2D eigenvalue weighted by Crippen LogP contribution is -2.27. The number of hydrogen-bond donors (Lipinski definition) is 0. The van der Waals surface area contributed by atoms with Crippen molar-refractivity contribution < 1.29 is 14.3 Å². The largest absolute Gasteiger partial charge is 0.457 e. The molecule has 0 aliphatic heterocycles. The summed E-state index contributed by atoms with van der Waals surface area (Å²) in [4.78, 5) is 27.7. The Balaban J connectivity index is 1.77. The van der Waals surface area contributed by atoms with Crippen LogP contribution in [0.15, 0.2) is 35.3 Å². The molecule has 1 fully saturated rings. The van der Waals surface area contributed by atoms with E-state index in [1.165, 1.54) is 6.42 Å². The number of nitrogens with zero attached hydrogens (tertiary/aromatic N) is 1. The first-order valence-corrected chi connectivity index (χ1v) is 7.77. The fourth-order valence-corrected chi connectivity index (χ4v) is 2.65. The van der Waals surface area contributed by atoms with Crippen molar-refractivity contribution in [2.75, 3.05) is 0 Å². The Hall–Kier alpha value is -1.97. The van der Waals surface area contributed by atoms with Gasteiger partial charge in [-0.25, -0.2) is 4.79 Å². The van der Waals surface area contributed by atoms with Crippen LogP contribution in [-0.4, -0.2) is 24.0 Å². The summed E-state index contributed by atoms with van der Waals surface area (Å²) in [7, 11) is 0. The van der Waals surface area contributed by atoms with Gasteiger partial charge in [-0.3, -0.25) is 9.79 Å². The minimum atomic E-state index is -0.715. The summed E-state index contributed by atoms with van der Waals surface area (Å²) in [5.74, 6) is -0.463. The molecule has 22 heavy (non-hydrogen) atoms. The van der Waals surface area contributed by atoms with E-state index in [-0.39, 0.29) is 18.3 Å². The zero-order valence-electron chi connectivity index (χ0n) is 12.7. The molecule has 0 heterocycles. The zero-order chi connectivity index (χ0) is 15.8. The summed E-state index contributed by atoms with van der Waals surface area (Å²) in [6.45, 7) is 3.95. The van der Waals surface area contributed by atoms with Gasteiger partial charge in [-0.1, -0.05) is 49.6 Å². The lowest BCUT2D eigenvalue weighted by molar-refractivity contribution is -0.136. The molecule has 1 atom stereocenters. The number of ketones is 1. The smallest absolute Gasteiger partial charge is 0.349 e. The first-order valence-electron chi connectivity index (χ1n) is 7.77. The van der Waals surface area contributed by atoms with E-state index in [1.54, 1.807) is 0 Å². The van der Waals surface area contributed by atoms with E-state index in [4.69, 9.17) is 4.74 Å². The maximum atomic E-state index is 12.2. The van der Waals surface area contributed by atoms with Crippen molar-refractivity contribution in [2.24, 2.45) is 10.9 Å². The molecule has 1 aliphatic carbocycles. The van der Waals surface area contributed by atoms with Gasteiger partial charge in [0.15, 0.2) is 5.78 Å². The third-order valence-electron chi connectivity index (χ3n) is 3.92. The van der Waals surface area contributed by atoms with Gasteiger partial charge < -0.3 is 4.74 Å². The van der Waals surface area contributed by atoms with Crippen molar-refractivity contribution in [2.45, 2.75) is 44.8 Å². The minimum absolute atomic E-state index is 0.0341. The first-order chi connectivity index (χ1) is 10.7. The summed E-state index contributed by atoms with van der Waals surface area (Å²) in [6.07, 6.45) is 6.28. The quantitative estimate of drug-likeness (QED) is 0.599. The Bertz CT molecular complexity index is 518. The van der Waals surface area contributed by atoms with Gasteiger partial charge in [-0.05, 0) is 25.3 Å². The molecule has 1 saturated carbocycles. The standard InChI is InChI=1S/C18H22NO3/c1-14(18(21)16-10-6-3-7-11-16)19-12-17(20)22-13-15-8-4-2-5-9-15/h2,4-5,8-9,12,14,16H,1,3,6-7,10-11,13H2/t14-/m0/s1. The van der Waals surface area contributed by atoms with Crippen LogP contribution in [0.25, 0.3) is 0 Å². The number of Topliss-reactive ketones (excluding diaryl/α,β-unsaturated/α-hetero) is 1. The van der Waals surface area contributed by atoms with Gasteiger partial charge in [0.25, 0.3) is 0 Å². The van der Waals surface area contributed by atoms with Gasteiger partial charge in [-0.2, -0.15) is 0 Å². The Morgan fingerprint density at radius 2 is 1.91 bits per heavy atom. The molecule has 0 spiro atoms. The number of benzene rings is 1. The van der Waals surface area contributed by atoms with Crippen LogP contribution < -0.4 is 0 Å². The number of hydrogen-bond acceptors (Lipinski definition) is 4. The van der Waals surface area contributed by atoms with Crippen LogP contribution in [0.5, 0.6) is 0 Å². The SMILES string of the molecule is [CH2][C@H](N=CC(=O)OCc1ccccc1)C(=O)C1CCCCC1. The highest BCUT2D eigenvalue weighted by molar-refractivity contribution is 6.23. The summed E-state index contributed by atoms with van der Waals surface area (Å²) in [5, 5.41) is 0. The van der Waals surface area contributed by atoms with Gasteiger partial charge in [0.05, 0.1) is 0 Å². The van der Waals surface area contributed by atoms with E-state index in [9.17, 15) is 9.59 Å². The van der Waals surface area contributed by atoms with E-state index in [2.05, 4.69) is 11.9 Å². The highest BCUT2D eigenvalue weighted by Crippen LogP contribution is 2.25. The topological polar surface area (TPSA) is 55.7 Å². The molecule has 117 valence electrons. The van der Waals surface area contributed by atoms with Crippen molar-refractivity contribution >= 4 is 18.0 Å². The van der Waals surface area contributed by atoms with Gasteiger partial charge in [0.1, 0.15) is 18.9 Å². The second kappa shape index (κ2) is 8.47. The van der Waals surface area contributed by atoms with Gasteiger partial charge in [0.2, 0.25) is 0 Å². The van der Waals surface area contributed by atoms with Crippen LogP contribution in [-0.2, 0) is 20.9 Å². The van der Waals surface area contributed by atoms with Crippen LogP contribution >= 0.6 is 0 Å². The molecule has 0 N–H and O–H groups in total. The number of rotatable bonds is 6. The summed E-state index contributed by atoms with van der Waals surface area (Å²) >= 11 is 0. The Labute approximate surface area is 131 Å². The second-order valence-corrected chi connectivity index (χ2v) is 5.62. The van der Waals surface area contributed by atoms with E-state index < -0.39 is 12.0 Å². The molecule has 1 radical (unpaired) electrons. The van der Waals surface area contributed by atoms with Crippen LogP contribution in [0.3, 0.4) is 0 Å². The Morgan fingerprint density at radius 1 is 1.23 bits per heavy atom. The van der Waals surface area contributed by atoms with Crippen molar-refractivity contribution in [1.82, 2.24) is 0 Å². The van der Waals surface area contributed by atoms with Crippen LogP contribution in [0.2, 0.25) is 0 Å². The molecule has 1 aromatic carbocycles. The van der Waals surface area contributed by atoms with Crippen LogP contribution in [0.4, 0.5) is 0 Å². The molecule has 0 aromatic heterocycles. The predicted molar refractivity (Wildman–Crippen MR) is 85.5 cm³/mol. The van der Waals surface area contributed by atoms with E-state index >= 15 is 0 Å². The number of ether oxygens (including phenoxy) is 1. The maximum Gasteiger partial charge on any atom is 0.349 e. The molecule has 1 aliphatic rings. The minimum Gasteiger partial charge on any atom is -0.457 e. The monoisotopic (exact) mass is 300 g/mol. The molecule has 0 amide bonds. The fourth-order valence-electron chi connectivity index (χ4n) is 2.65. The molecular formula is C18H22NO3. The lowest BCUT2D eigenvalue weighted by Gasteiger charge is -2.21. The molecule has 0 unspecified atom stereocenters. The van der Waals surface area contributed by atoms with Gasteiger partial charge in [-0.15, -0.1) is 0 Å². The van der Waals surface area contributed by atoms with Crippen molar-refractivity contribution in [1.29, 1.82) is 0 Å². The fraction of sp³-hybridized carbons (Fsp3) is 0.444. The summed E-state index contributed by atoms with van der Waals surface area (Å²) in [5.41, 5.74) is 0.911. The second-order valence-electron chi connectivity index (χ2n) is 5.62. The van der Waals surface area contributed by atoms with Crippen LogP contribution in [0, 0.1) is 12.8 Å². The third-order valence-corrected chi connectivity index (χ3v) is 3.92. The highest BCUT2D eigenvalue weighted by Gasteiger charge is 2.25. The van der Waals surface area contributed by atoms with E-state index in [0.29, 0.717) is 0 Å². The van der Waals surface area contributed by atoms with Gasteiger partial charge in [0, 0.05) is 5.92 Å². The molecule has 4 heteroatoms. The molecule has 4 nitrogen and oxygen atoms in total. The van der Waals surface area contributed by atoms with Gasteiger partial charge >= 0.3 is 5.97 Å². The molecule has 1 aromatic rings. The number of carbonyl (C=O) groups excluding carboxylic acids is 2. The number of esters is 1. The predicted octanol–water partition coefficient (Wildman–Crippen LogP) is 3.15. The summed E-state index contributed by atoms with van der Waals surface area (Å²) < 4.78 is 5.08. The first kappa shape index (κ1) is 16.4. The van der Waals surface area contributed by atoms with E-state index in [1.807, 2.05) is 30.3 Å². The normalized spacial score (nSPS) is 17.3. The molecule has 0 saturated heterocycles. The average molecular weight is 300 g/mol. The molecule has 0 bridgehead atoms.